The van der Waals surface area contributed by atoms with Gasteiger partial charge in [0, 0.05) is 18.3 Å². The smallest absolute Gasteiger partial charge is 0.237 e. The zero-order valence-corrected chi connectivity index (χ0v) is 17.7. The third kappa shape index (κ3) is 3.93. The summed E-state index contributed by atoms with van der Waals surface area (Å²) in [5, 5.41) is 11.9. The van der Waals surface area contributed by atoms with Crippen LogP contribution in [-0.4, -0.2) is 39.8 Å². The number of para-hydroxylation sites is 1. The van der Waals surface area contributed by atoms with Crippen LogP contribution in [0.3, 0.4) is 0 Å². The summed E-state index contributed by atoms with van der Waals surface area (Å²) in [5.74, 6) is 2.60. The summed E-state index contributed by atoms with van der Waals surface area (Å²) in [7, 11) is 1.63. The molecule has 3 aromatic rings. The maximum atomic E-state index is 12.7. The van der Waals surface area contributed by atoms with E-state index < -0.39 is 0 Å². The minimum absolute atomic E-state index is 0.136. The Kier molecular flexibility index (Phi) is 5.80. The van der Waals surface area contributed by atoms with E-state index in [-0.39, 0.29) is 18.0 Å². The minimum Gasteiger partial charge on any atom is -0.496 e. The van der Waals surface area contributed by atoms with Crippen molar-refractivity contribution in [2.45, 2.75) is 30.8 Å². The van der Waals surface area contributed by atoms with Gasteiger partial charge in [-0.3, -0.25) is 4.79 Å². The molecule has 1 unspecified atom stereocenters. The number of rotatable bonds is 7. The zero-order valence-electron chi connectivity index (χ0n) is 16.9. The zero-order chi connectivity index (χ0) is 21.1. The van der Waals surface area contributed by atoms with Crippen LogP contribution in [0.1, 0.15) is 13.8 Å². The fourth-order valence-electron chi connectivity index (χ4n) is 3.12. The van der Waals surface area contributed by atoms with Crippen LogP contribution < -0.4 is 19.5 Å². The Bertz CT molecular complexity index is 1070. The molecule has 1 N–H and O–H groups in total. The lowest BCUT2D eigenvalue weighted by molar-refractivity contribution is -0.115. The first-order valence-corrected chi connectivity index (χ1v) is 10.4. The first-order chi connectivity index (χ1) is 14.6. The average Bonchev–Trinajstić information content (AvgIpc) is 3.39. The quantitative estimate of drug-likeness (QED) is 0.575. The number of nitrogens with one attached hydrogen (secondary N) is 1. The van der Waals surface area contributed by atoms with Gasteiger partial charge in [-0.05, 0) is 38.1 Å². The third-order valence-electron chi connectivity index (χ3n) is 4.67. The molecule has 1 aromatic heterocycles. The van der Waals surface area contributed by atoms with E-state index in [2.05, 4.69) is 15.5 Å². The number of methoxy groups -OCH3 is 1. The Morgan fingerprint density at radius 1 is 1.23 bits per heavy atom. The highest BCUT2D eigenvalue weighted by Crippen LogP contribution is 2.35. The van der Waals surface area contributed by atoms with Gasteiger partial charge in [-0.2, -0.15) is 0 Å². The van der Waals surface area contributed by atoms with Gasteiger partial charge < -0.3 is 24.1 Å². The number of carbonyl (C=O) groups excluding carboxylic acids is 1. The summed E-state index contributed by atoms with van der Waals surface area (Å²) in [5.41, 5.74) is 1.52. The van der Waals surface area contributed by atoms with Crippen molar-refractivity contribution in [1.82, 2.24) is 14.8 Å². The molecule has 1 atom stereocenters. The largest absolute Gasteiger partial charge is 0.496 e. The lowest BCUT2D eigenvalue weighted by Gasteiger charge is -2.13. The highest BCUT2D eigenvalue weighted by molar-refractivity contribution is 8.00. The van der Waals surface area contributed by atoms with Crippen LogP contribution in [0, 0.1) is 0 Å². The van der Waals surface area contributed by atoms with Crippen molar-refractivity contribution in [2.24, 2.45) is 0 Å². The van der Waals surface area contributed by atoms with Gasteiger partial charge in [-0.1, -0.05) is 23.9 Å². The van der Waals surface area contributed by atoms with Crippen LogP contribution in [0.25, 0.3) is 11.4 Å². The molecule has 0 aliphatic carbocycles. The van der Waals surface area contributed by atoms with Gasteiger partial charge in [0.15, 0.2) is 22.5 Å². The van der Waals surface area contributed by atoms with Crippen molar-refractivity contribution in [3.8, 4) is 28.6 Å². The number of carbonyl (C=O) groups is 1. The molecule has 2 heterocycles. The average molecular weight is 426 g/mol. The van der Waals surface area contributed by atoms with Crippen molar-refractivity contribution in [3.63, 3.8) is 0 Å². The maximum absolute atomic E-state index is 12.7. The maximum Gasteiger partial charge on any atom is 0.237 e. The Hall–Kier alpha value is -3.20. The first-order valence-electron chi connectivity index (χ1n) is 9.54. The number of amides is 1. The van der Waals surface area contributed by atoms with E-state index in [1.807, 2.05) is 42.7 Å². The lowest BCUT2D eigenvalue weighted by atomic mass is 10.2. The Morgan fingerprint density at radius 2 is 2.03 bits per heavy atom. The molecule has 1 aliphatic heterocycles. The fourth-order valence-corrected chi connectivity index (χ4v) is 4.03. The minimum atomic E-state index is -0.379. The number of hydrogen-bond acceptors (Lipinski definition) is 7. The van der Waals surface area contributed by atoms with Crippen LogP contribution in [0.15, 0.2) is 47.6 Å². The van der Waals surface area contributed by atoms with Gasteiger partial charge in [-0.25, -0.2) is 0 Å². The summed E-state index contributed by atoms with van der Waals surface area (Å²) in [6, 6.07) is 13.0. The first kappa shape index (κ1) is 20.1. The summed E-state index contributed by atoms with van der Waals surface area (Å²) in [6.07, 6.45) is 0. The number of aromatic nitrogens is 3. The number of anilines is 1. The van der Waals surface area contributed by atoms with E-state index in [1.165, 1.54) is 11.8 Å². The van der Waals surface area contributed by atoms with Gasteiger partial charge in [-0.15, -0.1) is 10.2 Å². The molecule has 4 rings (SSSR count). The second-order valence-electron chi connectivity index (χ2n) is 6.57. The molecule has 0 bridgehead atoms. The molecule has 0 fully saturated rings. The molecular weight excluding hydrogens is 404 g/mol. The van der Waals surface area contributed by atoms with Gasteiger partial charge in [0.05, 0.1) is 17.9 Å². The normalized spacial score (nSPS) is 13.2. The molecule has 9 heteroatoms. The summed E-state index contributed by atoms with van der Waals surface area (Å²) in [4.78, 5) is 12.7. The van der Waals surface area contributed by atoms with Crippen LogP contribution in [0.5, 0.6) is 17.2 Å². The predicted molar refractivity (Wildman–Crippen MR) is 114 cm³/mol. The van der Waals surface area contributed by atoms with E-state index in [9.17, 15) is 4.79 Å². The molecule has 30 heavy (non-hydrogen) atoms. The molecule has 0 radical (unpaired) electrons. The van der Waals surface area contributed by atoms with Crippen molar-refractivity contribution >= 4 is 23.4 Å². The van der Waals surface area contributed by atoms with Gasteiger partial charge in [0.2, 0.25) is 12.7 Å². The molecule has 0 saturated carbocycles. The van der Waals surface area contributed by atoms with Gasteiger partial charge in [0.25, 0.3) is 0 Å². The number of ether oxygens (including phenoxy) is 3. The van der Waals surface area contributed by atoms with E-state index in [4.69, 9.17) is 14.2 Å². The number of benzene rings is 2. The summed E-state index contributed by atoms with van der Waals surface area (Å²) >= 11 is 1.36. The summed E-state index contributed by atoms with van der Waals surface area (Å²) in [6.45, 7) is 4.72. The highest BCUT2D eigenvalue weighted by atomic mass is 32.2. The lowest BCUT2D eigenvalue weighted by Crippen LogP contribution is -2.23. The topological polar surface area (TPSA) is 87.5 Å². The van der Waals surface area contributed by atoms with Gasteiger partial charge >= 0.3 is 0 Å². The number of thioether (sulfide) groups is 1. The van der Waals surface area contributed by atoms with Crippen molar-refractivity contribution in [1.29, 1.82) is 0 Å². The molecule has 1 amide bonds. The number of nitrogens with zero attached hydrogens (tertiary/aromatic N) is 3. The fraction of sp³-hybridized carbons (Fsp3) is 0.286. The monoisotopic (exact) mass is 426 g/mol. The van der Waals surface area contributed by atoms with E-state index in [0.717, 1.165) is 11.3 Å². The highest BCUT2D eigenvalue weighted by Gasteiger charge is 2.22. The number of hydrogen-bond donors (Lipinski definition) is 1. The molecule has 0 saturated heterocycles. The van der Waals surface area contributed by atoms with E-state index in [0.29, 0.717) is 34.7 Å². The summed E-state index contributed by atoms with van der Waals surface area (Å²) < 4.78 is 18.1. The predicted octanol–water partition coefficient (Wildman–Crippen LogP) is 3.82. The Labute approximate surface area is 178 Å². The van der Waals surface area contributed by atoms with E-state index in [1.54, 1.807) is 25.3 Å². The molecule has 1 aliphatic rings. The molecule has 8 nitrogen and oxygen atoms in total. The van der Waals surface area contributed by atoms with Crippen molar-refractivity contribution in [3.05, 3.63) is 42.5 Å². The Morgan fingerprint density at radius 3 is 2.83 bits per heavy atom. The molecule has 2 aromatic carbocycles. The molecule has 0 spiro atoms. The second kappa shape index (κ2) is 8.66. The van der Waals surface area contributed by atoms with E-state index >= 15 is 0 Å². The Balaban J connectivity index is 1.50. The second-order valence-corrected chi connectivity index (χ2v) is 7.88. The van der Waals surface area contributed by atoms with Crippen LogP contribution in [0.4, 0.5) is 5.69 Å². The number of fused-ring (bicyclic) bond motifs is 1. The third-order valence-corrected chi connectivity index (χ3v) is 5.75. The van der Waals surface area contributed by atoms with Crippen molar-refractivity contribution < 1.29 is 19.0 Å². The van der Waals surface area contributed by atoms with Crippen molar-refractivity contribution in [2.75, 3.05) is 19.2 Å². The van der Waals surface area contributed by atoms with Crippen LogP contribution in [-0.2, 0) is 11.3 Å². The van der Waals surface area contributed by atoms with Gasteiger partial charge in [0.1, 0.15) is 5.75 Å². The SMILES string of the molecule is CCn1c(SC(C)C(=O)Nc2ccc3c(c2)OCO3)nnc1-c1ccccc1OC. The molecular formula is C21H22N4O4S. The van der Waals surface area contributed by atoms with Crippen LogP contribution >= 0.6 is 11.8 Å². The van der Waals surface area contributed by atoms with Crippen LogP contribution in [0.2, 0.25) is 0 Å². The standard InChI is InChI=1S/C21H22N4O4S/c1-4-25-19(15-7-5-6-8-16(15)27-3)23-24-21(25)30-13(2)20(26)22-14-9-10-17-18(11-14)29-12-28-17/h5-11,13H,4,12H2,1-3H3,(H,22,26). The molecule has 156 valence electrons.